The molecule has 0 aliphatic rings. The summed E-state index contributed by atoms with van der Waals surface area (Å²) < 4.78 is 7.19. The van der Waals surface area contributed by atoms with Crippen LogP contribution in [-0.2, 0) is 4.79 Å². The molecule has 4 aromatic rings. The lowest BCUT2D eigenvalue weighted by Gasteiger charge is -2.10. The lowest BCUT2D eigenvalue weighted by Crippen LogP contribution is -2.22. The molecule has 0 saturated heterocycles. The van der Waals surface area contributed by atoms with Crippen LogP contribution in [0.1, 0.15) is 18.9 Å². The second kappa shape index (κ2) is 11.3. The Balaban J connectivity index is 1.52. The van der Waals surface area contributed by atoms with Crippen molar-refractivity contribution < 1.29 is 14.6 Å². The summed E-state index contributed by atoms with van der Waals surface area (Å²) in [5.41, 5.74) is 5.95. The van der Waals surface area contributed by atoms with Crippen LogP contribution in [0, 0.1) is 0 Å². The van der Waals surface area contributed by atoms with E-state index < -0.39 is 0 Å². The molecule has 1 aromatic heterocycles. The zero-order valence-electron chi connectivity index (χ0n) is 19.4. The number of ether oxygens (including phenoxy) is 1. The van der Waals surface area contributed by atoms with E-state index in [1.807, 2.05) is 66.1 Å². The van der Waals surface area contributed by atoms with Crippen molar-refractivity contribution in [3.05, 3.63) is 84.4 Å². The molecule has 1 heterocycles. The highest BCUT2D eigenvalue weighted by Gasteiger charge is 2.17. The fraction of sp³-hybridized carbons (Fsp3) is 0.154. The number of hydrogen-bond donors (Lipinski definition) is 2. The van der Waals surface area contributed by atoms with E-state index in [0.29, 0.717) is 17.4 Å². The number of nitrogens with one attached hydrogen (secondary N) is 1. The van der Waals surface area contributed by atoms with Crippen molar-refractivity contribution in [2.75, 3.05) is 12.9 Å². The van der Waals surface area contributed by atoms with E-state index in [1.54, 1.807) is 31.4 Å². The van der Waals surface area contributed by atoms with Gasteiger partial charge in [-0.05, 0) is 72.6 Å². The van der Waals surface area contributed by atoms with Crippen LogP contribution < -0.4 is 10.2 Å². The van der Waals surface area contributed by atoms with Gasteiger partial charge in [0.1, 0.15) is 11.5 Å². The van der Waals surface area contributed by atoms with Gasteiger partial charge >= 0.3 is 0 Å². The normalized spacial score (nSPS) is 11.3. The lowest BCUT2D eigenvalue weighted by molar-refractivity contribution is -0.118. The number of aromatic nitrogens is 3. The second-order valence-corrected chi connectivity index (χ2v) is 8.43. The number of carbonyl (C=O) groups is 1. The van der Waals surface area contributed by atoms with Crippen LogP contribution in [0.5, 0.6) is 11.5 Å². The van der Waals surface area contributed by atoms with Gasteiger partial charge in [0.2, 0.25) is 0 Å². The Morgan fingerprint density at radius 3 is 2.40 bits per heavy atom. The Morgan fingerprint density at radius 2 is 1.74 bits per heavy atom. The van der Waals surface area contributed by atoms with E-state index in [1.165, 1.54) is 11.8 Å². The smallest absolute Gasteiger partial charge is 0.250 e. The molecule has 2 N–H and O–H groups in total. The van der Waals surface area contributed by atoms with Gasteiger partial charge in [0, 0.05) is 11.3 Å². The number of phenols is 1. The Labute approximate surface area is 207 Å². The number of nitrogens with zero attached hydrogens (tertiary/aromatic N) is 4. The van der Waals surface area contributed by atoms with Crippen LogP contribution in [0.15, 0.2) is 89.1 Å². The van der Waals surface area contributed by atoms with Crippen LogP contribution in [0.3, 0.4) is 0 Å². The quantitative estimate of drug-likeness (QED) is 0.202. The van der Waals surface area contributed by atoms with Crippen LogP contribution in [0.4, 0.5) is 0 Å². The monoisotopic (exact) mass is 487 g/mol. The van der Waals surface area contributed by atoms with E-state index in [0.717, 1.165) is 28.3 Å². The van der Waals surface area contributed by atoms with Gasteiger partial charge in [-0.1, -0.05) is 36.9 Å². The maximum absolute atomic E-state index is 12.6. The van der Waals surface area contributed by atoms with Gasteiger partial charge in [0.15, 0.2) is 11.0 Å². The number of hydrazone groups is 1. The van der Waals surface area contributed by atoms with Crippen LogP contribution in [0.2, 0.25) is 0 Å². The average Bonchev–Trinajstić information content (AvgIpc) is 3.33. The summed E-state index contributed by atoms with van der Waals surface area (Å²) in [6.07, 6.45) is 0.631. The molecule has 35 heavy (non-hydrogen) atoms. The third-order valence-corrected chi connectivity index (χ3v) is 6.11. The number of thioether (sulfide) groups is 1. The van der Waals surface area contributed by atoms with Gasteiger partial charge in [0.05, 0.1) is 18.6 Å². The van der Waals surface area contributed by atoms with E-state index in [4.69, 9.17) is 4.74 Å². The predicted octanol–water partition coefficient (Wildman–Crippen LogP) is 4.67. The summed E-state index contributed by atoms with van der Waals surface area (Å²) in [7, 11) is 1.62. The highest BCUT2D eigenvalue weighted by Crippen LogP contribution is 2.29. The third kappa shape index (κ3) is 5.88. The molecule has 0 atom stereocenters. The predicted molar refractivity (Wildman–Crippen MR) is 137 cm³/mol. The Bertz CT molecular complexity index is 1300. The molecule has 0 spiro atoms. The zero-order valence-corrected chi connectivity index (χ0v) is 20.2. The number of para-hydroxylation sites is 1. The first-order chi connectivity index (χ1) is 17.1. The summed E-state index contributed by atoms with van der Waals surface area (Å²) >= 11 is 1.28. The molecule has 4 rings (SSSR count). The van der Waals surface area contributed by atoms with E-state index in [9.17, 15) is 9.90 Å². The number of hydrogen-bond acceptors (Lipinski definition) is 7. The number of methoxy groups -OCH3 is 1. The van der Waals surface area contributed by atoms with E-state index >= 15 is 0 Å². The first-order valence-electron chi connectivity index (χ1n) is 11.0. The molecule has 9 heteroatoms. The molecule has 8 nitrogen and oxygen atoms in total. The molecule has 0 radical (unpaired) electrons. The molecule has 0 saturated carbocycles. The SMILES string of the molecule is CC/C(=N/NC(=O)CSc1nnc(-c2ccc(OC)cc2)n1-c1ccccc1)c1ccc(O)cc1. The maximum atomic E-state index is 12.6. The second-order valence-electron chi connectivity index (χ2n) is 7.49. The fourth-order valence-electron chi connectivity index (χ4n) is 3.39. The highest BCUT2D eigenvalue weighted by atomic mass is 32.2. The highest BCUT2D eigenvalue weighted by molar-refractivity contribution is 7.99. The number of benzene rings is 3. The molecule has 178 valence electrons. The molecule has 0 aliphatic heterocycles. The summed E-state index contributed by atoms with van der Waals surface area (Å²) in [5.74, 6) is 1.46. The number of phenolic OH excluding ortho intramolecular Hbond substituents is 1. The zero-order chi connectivity index (χ0) is 24.6. The van der Waals surface area contributed by atoms with Crippen LogP contribution >= 0.6 is 11.8 Å². The van der Waals surface area contributed by atoms with Crippen molar-refractivity contribution in [1.29, 1.82) is 0 Å². The van der Waals surface area contributed by atoms with E-state index in [-0.39, 0.29) is 17.4 Å². The van der Waals surface area contributed by atoms with Crippen molar-refractivity contribution in [2.24, 2.45) is 5.10 Å². The first kappa shape index (κ1) is 24.0. The molecule has 1 amide bonds. The topological polar surface area (TPSA) is 102 Å². The lowest BCUT2D eigenvalue weighted by atomic mass is 10.1. The standard InChI is InChI=1S/C26H25N5O3S/c1-3-23(18-9-13-21(32)14-10-18)27-28-24(33)17-35-26-30-29-25(19-11-15-22(34-2)16-12-19)31(26)20-7-5-4-6-8-20/h4-16,32H,3,17H2,1-2H3,(H,28,33)/b27-23-. The molecule has 0 unspecified atom stereocenters. The largest absolute Gasteiger partial charge is 0.508 e. The van der Waals surface area contributed by atoms with E-state index in [2.05, 4.69) is 20.7 Å². The van der Waals surface area contributed by atoms with Crippen molar-refractivity contribution >= 4 is 23.4 Å². The molecule has 3 aromatic carbocycles. The maximum Gasteiger partial charge on any atom is 0.250 e. The summed E-state index contributed by atoms with van der Waals surface area (Å²) in [5, 5.41) is 23.1. The minimum Gasteiger partial charge on any atom is -0.508 e. The Kier molecular flexibility index (Phi) is 7.79. The van der Waals surface area contributed by atoms with Crippen molar-refractivity contribution in [3.63, 3.8) is 0 Å². The summed E-state index contributed by atoms with van der Waals surface area (Å²) in [6, 6.07) is 24.1. The molecular weight excluding hydrogens is 462 g/mol. The third-order valence-electron chi connectivity index (χ3n) is 5.18. The number of carbonyl (C=O) groups excluding carboxylic acids is 1. The minimum absolute atomic E-state index is 0.115. The van der Waals surface area contributed by atoms with Gasteiger partial charge in [-0.15, -0.1) is 10.2 Å². The first-order valence-corrected chi connectivity index (χ1v) is 12.0. The summed E-state index contributed by atoms with van der Waals surface area (Å²) in [4.78, 5) is 12.6. The number of amides is 1. The van der Waals surface area contributed by atoms with Gasteiger partial charge in [-0.2, -0.15) is 5.10 Å². The molecule has 0 aliphatic carbocycles. The van der Waals surface area contributed by atoms with Crippen molar-refractivity contribution in [3.8, 4) is 28.6 Å². The molecule has 0 fully saturated rings. The molecule has 0 bridgehead atoms. The van der Waals surface area contributed by atoms with Gasteiger partial charge in [-0.3, -0.25) is 9.36 Å². The van der Waals surface area contributed by atoms with Gasteiger partial charge in [0.25, 0.3) is 5.91 Å². The average molecular weight is 488 g/mol. The van der Waals surface area contributed by atoms with Crippen LogP contribution in [-0.4, -0.2) is 44.4 Å². The van der Waals surface area contributed by atoms with Gasteiger partial charge in [-0.25, -0.2) is 5.43 Å². The Morgan fingerprint density at radius 1 is 1.03 bits per heavy atom. The van der Waals surface area contributed by atoms with Crippen LogP contribution in [0.25, 0.3) is 17.1 Å². The Hall–Kier alpha value is -4.11. The molecular formula is C26H25N5O3S. The summed E-state index contributed by atoms with van der Waals surface area (Å²) in [6.45, 7) is 1.95. The number of rotatable bonds is 9. The van der Waals surface area contributed by atoms with Gasteiger partial charge < -0.3 is 9.84 Å². The number of aromatic hydroxyl groups is 1. The van der Waals surface area contributed by atoms with Crippen molar-refractivity contribution in [1.82, 2.24) is 20.2 Å². The fourth-order valence-corrected chi connectivity index (χ4v) is 4.14. The van der Waals surface area contributed by atoms with Crippen molar-refractivity contribution in [2.45, 2.75) is 18.5 Å². The minimum atomic E-state index is -0.256.